The van der Waals surface area contributed by atoms with Crippen LogP contribution in [0.5, 0.6) is 0 Å². The van der Waals surface area contributed by atoms with Crippen LogP contribution in [0.2, 0.25) is 0 Å². The number of carbonyl (C=O) groups is 4. The van der Waals surface area contributed by atoms with E-state index in [9.17, 15) is 152 Å². The molecular formula is C67H112N4O49. The van der Waals surface area contributed by atoms with Crippen LogP contribution in [0.1, 0.15) is 34.6 Å². The fourth-order valence-corrected chi connectivity index (χ4v) is 15.5. The first kappa shape index (κ1) is 98.3. The second-order valence-corrected chi connectivity index (χ2v) is 30.5. The molecular weight excluding hydrogens is 1640 g/mol. The molecule has 30 N–H and O–H groups in total. The number of rotatable bonds is 30. The third-order valence-electron chi connectivity index (χ3n) is 22.0. The molecule has 10 aliphatic rings. The van der Waals surface area contributed by atoms with E-state index in [0.29, 0.717) is 0 Å². The SMILES string of the molecule is CC(=O)N[C@@H]1[C@@H](O)[C@H](O[C@@H]2O[C@H](CO)[C@@H](O[C@@H]3O[C@H](CO[C@H]4O[C@H](CO)[C@@H](O)[C@H](O)[C@@H]4O[C@@H]4O[C@H](CO[C@@H]5O[C@@H](C)[C@@H](O)[C@@H](O)[C@@H]5O)[C@@H](O[C@@H]5O[C@H](CO)[C@H](O)[C@H](O)[C@H]5O)[C@H](O)[C@H]4NC(C)=O)[C@@H](O)[C@H](O[C@H]4O[C@H](CO)[C@@H](O)[C@H](O)[C@@H]4O[C@@H]4O[C@H](CO)[C@@H](O)[C@H](O)[C@H]4NC(C)=O)[C@@H]3O[C@@H]3OC[C@@H](O)[C@H](O)[C@H]3O)[C@H](O)[C@H]2NC(C)=O)[C@@H](CO)O[C@H]1O. The summed E-state index contributed by atoms with van der Waals surface area (Å²) in [5, 5.41) is 301. The number of nitrogens with one attached hydrogen (secondary N) is 4. The average Bonchev–Trinajstić information content (AvgIpc) is 0.755. The lowest BCUT2D eigenvalue weighted by Crippen LogP contribution is -2.71. The fourth-order valence-electron chi connectivity index (χ4n) is 15.5. The van der Waals surface area contributed by atoms with Crippen molar-refractivity contribution in [3.8, 4) is 0 Å². The zero-order valence-corrected chi connectivity index (χ0v) is 64.7. The molecule has 0 aliphatic carbocycles. The molecule has 0 saturated carbocycles. The molecule has 0 unspecified atom stereocenters. The van der Waals surface area contributed by atoms with Crippen molar-refractivity contribution in [1.82, 2.24) is 21.3 Å². The molecule has 0 bridgehead atoms. The predicted molar refractivity (Wildman–Crippen MR) is 369 cm³/mol. The Labute approximate surface area is 679 Å². The quantitative estimate of drug-likeness (QED) is 0.0318. The molecule has 10 fully saturated rings. The smallest absolute Gasteiger partial charge is 0.217 e. The molecule has 0 aromatic rings. The molecule has 0 radical (unpaired) electrons. The molecule has 49 atom stereocenters. The zero-order chi connectivity index (χ0) is 88.2. The molecule has 53 nitrogen and oxygen atoms in total. The van der Waals surface area contributed by atoms with Crippen LogP contribution in [0.3, 0.4) is 0 Å². The normalized spacial score (nSPS) is 49.7. The number of aliphatic hydroxyl groups is 26. The Morgan fingerprint density at radius 1 is 0.267 bits per heavy atom. The van der Waals surface area contributed by atoms with Gasteiger partial charge >= 0.3 is 0 Å². The molecule has 10 rings (SSSR count). The molecule has 53 heteroatoms. The lowest BCUT2D eigenvalue weighted by atomic mass is 9.93. The van der Waals surface area contributed by atoms with Gasteiger partial charge < -0.3 is 244 Å². The van der Waals surface area contributed by atoms with Gasteiger partial charge in [0.05, 0.1) is 65.6 Å². The minimum atomic E-state index is -2.58. The predicted octanol–water partition coefficient (Wildman–Crippen LogP) is -20.6. The van der Waals surface area contributed by atoms with Crippen LogP contribution < -0.4 is 21.3 Å². The van der Waals surface area contributed by atoms with Gasteiger partial charge in [0, 0.05) is 27.7 Å². The Hall–Kier alpha value is -3.92. The summed E-state index contributed by atoms with van der Waals surface area (Å²) >= 11 is 0. The molecule has 694 valence electrons. The standard InChI is InChI=1S/C67H112N4O49/c1-15-33(83)44(94)49(99)62(105-15)103-14-28-53(115-64-50(100)45(95)36(86)22(7-73)108-64)43(93)32(71-19(5)81)61(113-28)118-55-46(96)37(87)23(8-74)109-65(55)104-13-27-39(89)54(117-66-56(47(97)38(88)24(9-75)110-66)119-59-30(69-17(3)79)40(90)35(85)21(6-72)107-59)57(120-63-48(98)34(84)20(82)12-102-63)67(112-27)116-52-26(11-77)111-60(31(42(52)92)70-18(4)80)114-51-25(10-76)106-58(101)29(41(51)91)68-16(2)78/h15,20-67,72-77,82-101H,6-14H2,1-5H3,(H,68,78)(H,69,79)(H,70,80)(H,71,81)/t15-,20+,21+,22+,23+,24+,25+,26+,27+,28+,29+,30+,31+,32+,33+,34-,35+,36-,37+,38+,39+,40+,41+,42+,43+,44+,45-,46-,47-,48+,49-,50+,51+,52+,53+,54-,55-,56-,57-,58+,59-,60-,61-,62+,63-,64-,65-,66+,67-/m0/s1. The summed E-state index contributed by atoms with van der Waals surface area (Å²) in [6, 6.07) is -7.59. The monoisotopic (exact) mass is 1760 g/mol. The highest BCUT2D eigenvalue weighted by molar-refractivity contribution is 5.74. The first-order valence-corrected chi connectivity index (χ1v) is 38.4. The molecule has 10 heterocycles. The van der Waals surface area contributed by atoms with E-state index in [1.54, 1.807) is 0 Å². The minimum absolute atomic E-state index is 0.811. The third kappa shape index (κ3) is 21.7. The van der Waals surface area contributed by atoms with Gasteiger partial charge in [0.2, 0.25) is 23.6 Å². The highest BCUT2D eigenvalue weighted by Crippen LogP contribution is 2.41. The summed E-state index contributed by atoms with van der Waals surface area (Å²) < 4.78 is 115. The topological polar surface area (TPSA) is 818 Å². The van der Waals surface area contributed by atoms with E-state index in [-0.39, 0.29) is 0 Å². The summed E-state index contributed by atoms with van der Waals surface area (Å²) in [7, 11) is 0. The first-order chi connectivity index (χ1) is 56.7. The largest absolute Gasteiger partial charge is 0.394 e. The van der Waals surface area contributed by atoms with E-state index in [4.69, 9.17) is 90.0 Å². The van der Waals surface area contributed by atoms with Crippen LogP contribution in [0, 0.1) is 0 Å². The maximum Gasteiger partial charge on any atom is 0.217 e. The maximum atomic E-state index is 13.2. The van der Waals surface area contributed by atoms with Crippen LogP contribution >= 0.6 is 0 Å². The van der Waals surface area contributed by atoms with E-state index in [1.807, 2.05) is 0 Å². The van der Waals surface area contributed by atoms with Crippen LogP contribution in [0.4, 0.5) is 0 Å². The Kier molecular flexibility index (Phi) is 35.0. The Bertz CT molecular complexity index is 3230. The van der Waals surface area contributed by atoms with Gasteiger partial charge in [-0.15, -0.1) is 0 Å². The number of carbonyl (C=O) groups excluding carboxylic acids is 4. The van der Waals surface area contributed by atoms with E-state index < -0.39 is 384 Å². The Balaban J connectivity index is 1.05. The summed E-state index contributed by atoms with van der Waals surface area (Å²) in [6.07, 6.45) is -95.3. The van der Waals surface area contributed by atoms with Gasteiger partial charge in [0.15, 0.2) is 62.9 Å². The van der Waals surface area contributed by atoms with Crippen LogP contribution in [-0.2, 0) is 109 Å². The molecule has 10 saturated heterocycles. The van der Waals surface area contributed by atoms with Crippen molar-refractivity contribution < 1.29 is 242 Å². The number of amides is 4. The summed E-state index contributed by atoms with van der Waals surface area (Å²) in [6.45, 7) is -4.84. The van der Waals surface area contributed by atoms with Crippen molar-refractivity contribution in [2.24, 2.45) is 0 Å². The number of aliphatic hydroxyl groups excluding tert-OH is 26. The average molecular weight is 1760 g/mol. The Morgan fingerprint density at radius 2 is 0.592 bits per heavy atom. The second-order valence-electron chi connectivity index (χ2n) is 30.5. The summed E-state index contributed by atoms with van der Waals surface area (Å²) in [5.74, 6) is -3.70. The summed E-state index contributed by atoms with van der Waals surface area (Å²) in [5.41, 5.74) is 0. The maximum absolute atomic E-state index is 13.2. The molecule has 120 heavy (non-hydrogen) atoms. The van der Waals surface area contributed by atoms with Crippen molar-refractivity contribution in [1.29, 1.82) is 0 Å². The van der Waals surface area contributed by atoms with Crippen molar-refractivity contribution in [3.05, 3.63) is 0 Å². The van der Waals surface area contributed by atoms with Crippen molar-refractivity contribution in [2.45, 2.75) is 335 Å². The van der Waals surface area contributed by atoms with Gasteiger partial charge in [-0.2, -0.15) is 0 Å². The lowest BCUT2D eigenvalue weighted by molar-refractivity contribution is -0.411. The molecule has 10 aliphatic heterocycles. The van der Waals surface area contributed by atoms with Crippen LogP contribution in [0.25, 0.3) is 0 Å². The van der Waals surface area contributed by atoms with Crippen molar-refractivity contribution in [2.75, 3.05) is 59.5 Å². The molecule has 0 aromatic carbocycles. The second kappa shape index (κ2) is 42.8. The molecule has 0 spiro atoms. The van der Waals surface area contributed by atoms with Gasteiger partial charge in [0.1, 0.15) is 232 Å². The third-order valence-corrected chi connectivity index (χ3v) is 22.0. The van der Waals surface area contributed by atoms with Crippen LogP contribution in [0.15, 0.2) is 0 Å². The highest BCUT2D eigenvalue weighted by Gasteiger charge is 2.62. The fraction of sp³-hybridized carbons (Fsp3) is 0.940. The highest BCUT2D eigenvalue weighted by atomic mass is 16.8. The minimum Gasteiger partial charge on any atom is -0.394 e. The Morgan fingerprint density at radius 3 is 1.11 bits per heavy atom. The van der Waals surface area contributed by atoms with Crippen LogP contribution in [-0.4, -0.2) is 517 Å². The zero-order valence-electron chi connectivity index (χ0n) is 64.7. The van der Waals surface area contributed by atoms with Gasteiger partial charge in [-0.1, -0.05) is 0 Å². The van der Waals surface area contributed by atoms with Crippen molar-refractivity contribution in [3.63, 3.8) is 0 Å². The van der Waals surface area contributed by atoms with Crippen molar-refractivity contribution >= 4 is 23.6 Å². The van der Waals surface area contributed by atoms with E-state index >= 15 is 0 Å². The van der Waals surface area contributed by atoms with E-state index in [2.05, 4.69) is 21.3 Å². The number of hydrogen-bond acceptors (Lipinski definition) is 49. The van der Waals surface area contributed by atoms with Gasteiger partial charge in [-0.05, 0) is 6.92 Å². The first-order valence-electron chi connectivity index (χ1n) is 38.4. The van der Waals surface area contributed by atoms with E-state index in [1.165, 1.54) is 6.92 Å². The van der Waals surface area contributed by atoms with E-state index in [0.717, 1.165) is 27.7 Å². The lowest BCUT2D eigenvalue weighted by Gasteiger charge is -2.52. The van der Waals surface area contributed by atoms with Gasteiger partial charge in [-0.3, -0.25) is 19.2 Å². The number of ether oxygens (including phenoxy) is 19. The molecule has 4 amide bonds. The number of hydrogen-bond donors (Lipinski definition) is 30. The summed E-state index contributed by atoms with van der Waals surface area (Å²) in [4.78, 5) is 51.4. The molecule has 0 aromatic heterocycles. The van der Waals surface area contributed by atoms with Gasteiger partial charge in [0.25, 0.3) is 0 Å². The van der Waals surface area contributed by atoms with Gasteiger partial charge in [-0.25, -0.2) is 0 Å².